The second-order valence-electron chi connectivity index (χ2n) is 4.20. The van der Waals surface area contributed by atoms with E-state index in [2.05, 4.69) is 0 Å². The summed E-state index contributed by atoms with van der Waals surface area (Å²) >= 11 is 0. The van der Waals surface area contributed by atoms with Crippen LogP contribution in [-0.2, 0) is 11.2 Å². The van der Waals surface area contributed by atoms with Gasteiger partial charge in [-0.05, 0) is 37.9 Å². The fraction of sp³-hybridized carbons (Fsp3) is 0.462. The normalized spacial score (nSPS) is 12.3. The molecule has 1 atom stereocenters. The quantitative estimate of drug-likeness (QED) is 0.827. The monoisotopic (exact) mass is 253 g/mol. The lowest BCUT2D eigenvalue weighted by Crippen LogP contribution is -2.37. The van der Waals surface area contributed by atoms with Crippen molar-refractivity contribution in [3.63, 3.8) is 0 Å². The van der Waals surface area contributed by atoms with Gasteiger partial charge in [-0.2, -0.15) is 0 Å². The molecule has 0 aliphatic rings. The number of carboxylic acid groups (broad SMARTS) is 1. The van der Waals surface area contributed by atoms with Crippen molar-refractivity contribution in [2.24, 2.45) is 0 Å². The first-order chi connectivity index (χ1) is 8.49. The molecule has 0 aromatic heterocycles. The molecule has 0 heterocycles. The molecule has 0 saturated carbocycles. The number of hydrogen-bond donors (Lipinski definition) is 1. The summed E-state index contributed by atoms with van der Waals surface area (Å²) < 4.78 is 10.4. The first-order valence-corrected chi connectivity index (χ1v) is 5.59. The molecule has 0 aliphatic heterocycles. The van der Waals surface area contributed by atoms with Crippen molar-refractivity contribution in [3.8, 4) is 11.5 Å². The Kier molecular flexibility index (Phi) is 4.97. The summed E-state index contributed by atoms with van der Waals surface area (Å²) in [6.45, 7) is 0. The molecule has 100 valence electrons. The molecule has 5 heteroatoms. The molecule has 1 aromatic carbocycles. The van der Waals surface area contributed by atoms with Gasteiger partial charge in [-0.3, -0.25) is 9.69 Å². The van der Waals surface area contributed by atoms with Gasteiger partial charge in [-0.1, -0.05) is 0 Å². The summed E-state index contributed by atoms with van der Waals surface area (Å²) in [5.41, 5.74) is 0.818. The maximum atomic E-state index is 11.2. The van der Waals surface area contributed by atoms with Crippen LogP contribution in [0.4, 0.5) is 0 Å². The minimum absolute atomic E-state index is 0.364. The average molecular weight is 253 g/mol. The summed E-state index contributed by atoms with van der Waals surface area (Å²) in [4.78, 5) is 12.9. The Morgan fingerprint density at radius 2 is 2.00 bits per heavy atom. The number of ether oxygens (including phenoxy) is 2. The molecule has 0 radical (unpaired) electrons. The Bertz CT molecular complexity index is 417. The van der Waals surface area contributed by atoms with E-state index in [0.29, 0.717) is 17.9 Å². The van der Waals surface area contributed by atoms with Crippen LogP contribution in [-0.4, -0.2) is 50.3 Å². The van der Waals surface area contributed by atoms with E-state index in [-0.39, 0.29) is 0 Å². The Balaban J connectivity index is 3.03. The van der Waals surface area contributed by atoms with Crippen LogP contribution in [0.5, 0.6) is 11.5 Å². The summed E-state index contributed by atoms with van der Waals surface area (Å²) in [5, 5.41) is 9.18. The van der Waals surface area contributed by atoms with Crippen LogP contribution in [0.3, 0.4) is 0 Å². The van der Waals surface area contributed by atoms with Crippen LogP contribution in [0.2, 0.25) is 0 Å². The van der Waals surface area contributed by atoms with Crippen LogP contribution in [0, 0.1) is 0 Å². The zero-order chi connectivity index (χ0) is 13.7. The maximum absolute atomic E-state index is 11.2. The van der Waals surface area contributed by atoms with Crippen molar-refractivity contribution in [1.29, 1.82) is 0 Å². The van der Waals surface area contributed by atoms with Crippen LogP contribution in [0.1, 0.15) is 5.56 Å². The number of methoxy groups -OCH3 is 2. The highest BCUT2D eigenvalue weighted by Gasteiger charge is 2.22. The molecular formula is C13H19NO4. The molecule has 0 spiro atoms. The van der Waals surface area contributed by atoms with Crippen molar-refractivity contribution in [3.05, 3.63) is 23.8 Å². The number of hydrogen-bond acceptors (Lipinski definition) is 4. The number of likely N-dealkylation sites (N-methyl/N-ethyl adjacent to an activating group) is 1. The SMILES string of the molecule is COc1ccc(OC)c(C[C@@H](C(=O)O)N(C)C)c1. The Morgan fingerprint density at radius 3 is 2.44 bits per heavy atom. The second-order valence-corrected chi connectivity index (χ2v) is 4.20. The van der Waals surface area contributed by atoms with Gasteiger partial charge < -0.3 is 14.6 Å². The van der Waals surface area contributed by atoms with Gasteiger partial charge in [0.25, 0.3) is 0 Å². The van der Waals surface area contributed by atoms with Crippen LogP contribution in [0.15, 0.2) is 18.2 Å². The average Bonchev–Trinajstić information content (AvgIpc) is 2.34. The predicted octanol–water partition coefficient (Wildman–Crippen LogP) is 1.26. The zero-order valence-corrected chi connectivity index (χ0v) is 11.1. The molecule has 0 amide bonds. The van der Waals surface area contributed by atoms with E-state index < -0.39 is 12.0 Å². The van der Waals surface area contributed by atoms with Gasteiger partial charge in [-0.15, -0.1) is 0 Å². The van der Waals surface area contributed by atoms with E-state index in [1.807, 2.05) is 0 Å². The zero-order valence-electron chi connectivity index (χ0n) is 11.1. The van der Waals surface area contributed by atoms with Crippen molar-refractivity contribution in [2.45, 2.75) is 12.5 Å². The van der Waals surface area contributed by atoms with E-state index in [1.54, 1.807) is 51.4 Å². The number of carbonyl (C=O) groups is 1. The Morgan fingerprint density at radius 1 is 1.33 bits per heavy atom. The molecule has 1 rings (SSSR count). The van der Waals surface area contributed by atoms with Gasteiger partial charge >= 0.3 is 5.97 Å². The lowest BCUT2D eigenvalue weighted by Gasteiger charge is -2.21. The number of aliphatic carboxylic acids is 1. The van der Waals surface area contributed by atoms with Gasteiger partial charge in [0.15, 0.2) is 0 Å². The van der Waals surface area contributed by atoms with E-state index >= 15 is 0 Å². The highest BCUT2D eigenvalue weighted by molar-refractivity contribution is 5.74. The summed E-state index contributed by atoms with van der Waals surface area (Å²) in [6.07, 6.45) is 0.364. The van der Waals surface area contributed by atoms with E-state index in [1.165, 1.54) is 0 Å². The Labute approximate surface area is 107 Å². The maximum Gasteiger partial charge on any atom is 0.321 e. The highest BCUT2D eigenvalue weighted by atomic mass is 16.5. The molecule has 5 nitrogen and oxygen atoms in total. The van der Waals surface area contributed by atoms with Crippen molar-refractivity contribution in [1.82, 2.24) is 4.90 Å². The molecule has 0 saturated heterocycles. The van der Waals surface area contributed by atoms with Gasteiger partial charge in [0, 0.05) is 6.42 Å². The first kappa shape index (κ1) is 14.3. The number of benzene rings is 1. The number of carboxylic acids is 1. The lowest BCUT2D eigenvalue weighted by molar-refractivity contribution is -0.142. The fourth-order valence-electron chi connectivity index (χ4n) is 1.74. The molecule has 18 heavy (non-hydrogen) atoms. The smallest absolute Gasteiger partial charge is 0.321 e. The third-order valence-corrected chi connectivity index (χ3v) is 2.81. The van der Waals surface area contributed by atoms with Gasteiger partial charge in [0.1, 0.15) is 17.5 Å². The van der Waals surface area contributed by atoms with E-state index in [9.17, 15) is 9.90 Å². The highest BCUT2D eigenvalue weighted by Crippen LogP contribution is 2.25. The molecule has 0 unspecified atom stereocenters. The second kappa shape index (κ2) is 6.26. The predicted molar refractivity (Wildman–Crippen MR) is 68.4 cm³/mol. The fourth-order valence-corrected chi connectivity index (χ4v) is 1.74. The first-order valence-electron chi connectivity index (χ1n) is 5.59. The number of nitrogens with zero attached hydrogens (tertiary/aromatic N) is 1. The van der Waals surface area contributed by atoms with Crippen molar-refractivity contribution in [2.75, 3.05) is 28.3 Å². The van der Waals surface area contributed by atoms with E-state index in [4.69, 9.17) is 9.47 Å². The summed E-state index contributed by atoms with van der Waals surface area (Å²) in [6, 6.07) is 4.78. The van der Waals surface area contributed by atoms with Gasteiger partial charge in [0.2, 0.25) is 0 Å². The molecular weight excluding hydrogens is 234 g/mol. The minimum atomic E-state index is -0.857. The third-order valence-electron chi connectivity index (χ3n) is 2.81. The molecule has 1 aromatic rings. The number of rotatable bonds is 6. The topological polar surface area (TPSA) is 59.0 Å². The van der Waals surface area contributed by atoms with Crippen LogP contribution in [0.25, 0.3) is 0 Å². The summed E-state index contributed by atoms with van der Waals surface area (Å²) in [7, 11) is 6.62. The van der Waals surface area contributed by atoms with Crippen molar-refractivity contribution >= 4 is 5.97 Å². The van der Waals surface area contributed by atoms with Gasteiger partial charge in [-0.25, -0.2) is 0 Å². The summed E-state index contributed by atoms with van der Waals surface area (Å²) in [5.74, 6) is 0.502. The Hall–Kier alpha value is -1.75. The van der Waals surface area contributed by atoms with Crippen molar-refractivity contribution < 1.29 is 19.4 Å². The van der Waals surface area contributed by atoms with Gasteiger partial charge in [0.05, 0.1) is 14.2 Å². The molecule has 0 bridgehead atoms. The standard InChI is InChI=1S/C13H19NO4/c1-14(2)11(13(15)16)8-9-7-10(17-3)5-6-12(9)18-4/h5-7,11H,8H2,1-4H3,(H,15,16)/t11-/m0/s1. The molecule has 0 fully saturated rings. The molecule has 1 N–H and O–H groups in total. The third kappa shape index (κ3) is 3.37. The molecule has 0 aliphatic carbocycles. The lowest BCUT2D eigenvalue weighted by atomic mass is 10.0. The minimum Gasteiger partial charge on any atom is -0.497 e. The van der Waals surface area contributed by atoms with Crippen LogP contribution < -0.4 is 9.47 Å². The van der Waals surface area contributed by atoms with E-state index in [0.717, 1.165) is 5.56 Å². The van der Waals surface area contributed by atoms with Crippen LogP contribution >= 0.6 is 0 Å². The largest absolute Gasteiger partial charge is 0.497 e.